The fourth-order valence-corrected chi connectivity index (χ4v) is 5.44. The molecule has 3 heterocycles. The predicted molar refractivity (Wildman–Crippen MR) is 124 cm³/mol. The molecule has 0 N–H and O–H groups in total. The van der Waals surface area contributed by atoms with E-state index in [2.05, 4.69) is 9.97 Å². The van der Waals surface area contributed by atoms with Gasteiger partial charge in [0.2, 0.25) is 5.91 Å². The molecule has 7 heteroatoms. The van der Waals surface area contributed by atoms with Crippen LogP contribution in [0.25, 0.3) is 5.65 Å². The van der Waals surface area contributed by atoms with E-state index in [4.69, 9.17) is 16.3 Å². The Morgan fingerprint density at radius 1 is 1.16 bits per heavy atom. The van der Waals surface area contributed by atoms with E-state index in [1.54, 1.807) is 12.4 Å². The van der Waals surface area contributed by atoms with Crippen LogP contribution in [0.4, 0.5) is 0 Å². The Hall–Kier alpha value is -2.44. The van der Waals surface area contributed by atoms with E-state index < -0.39 is 5.41 Å². The van der Waals surface area contributed by atoms with Gasteiger partial charge in [-0.05, 0) is 37.0 Å². The molecule has 5 rings (SSSR count). The molecule has 1 saturated heterocycles. The monoisotopic (exact) mass is 452 g/mol. The molecule has 1 atom stereocenters. The number of fused-ring (bicyclic) bond motifs is 1. The minimum Gasteiger partial charge on any atom is -0.379 e. The smallest absolute Gasteiger partial charge is 0.233 e. The van der Waals surface area contributed by atoms with Crippen molar-refractivity contribution in [3.63, 3.8) is 0 Å². The maximum absolute atomic E-state index is 14.1. The van der Waals surface area contributed by atoms with Gasteiger partial charge >= 0.3 is 0 Å². The minimum absolute atomic E-state index is 0.209. The molecule has 6 nitrogen and oxygen atoms in total. The number of carbonyl (C=O) groups is 1. The van der Waals surface area contributed by atoms with Crippen LogP contribution in [-0.2, 0) is 21.4 Å². The van der Waals surface area contributed by atoms with Gasteiger partial charge in [0, 0.05) is 42.6 Å². The molecular formula is C25H29ClN4O2. The summed E-state index contributed by atoms with van der Waals surface area (Å²) >= 11 is 6.15. The third-order valence-electron chi connectivity index (χ3n) is 6.97. The SMILES string of the molecule is O=C(N1CCOCC(Cc2cn3ccnc3cn2)C1)C1(c2ccc(Cl)cc2)CCCCC1. The summed E-state index contributed by atoms with van der Waals surface area (Å²) in [4.78, 5) is 25.0. The Bertz CT molecular complexity index is 1070. The molecule has 0 spiro atoms. The highest BCUT2D eigenvalue weighted by Gasteiger charge is 2.44. The summed E-state index contributed by atoms with van der Waals surface area (Å²) in [5, 5.41) is 0.706. The van der Waals surface area contributed by atoms with Crippen molar-refractivity contribution in [3.8, 4) is 0 Å². The number of aromatic nitrogens is 3. The van der Waals surface area contributed by atoms with Crippen molar-refractivity contribution in [1.82, 2.24) is 19.3 Å². The maximum atomic E-state index is 14.1. The quantitative estimate of drug-likeness (QED) is 0.592. The third kappa shape index (κ3) is 4.26. The molecule has 1 saturated carbocycles. The summed E-state index contributed by atoms with van der Waals surface area (Å²) < 4.78 is 7.90. The molecule has 3 aromatic rings. The second-order valence-corrected chi connectivity index (χ2v) is 9.55. The number of carbonyl (C=O) groups excluding carboxylic acids is 1. The van der Waals surface area contributed by atoms with Gasteiger partial charge < -0.3 is 14.0 Å². The van der Waals surface area contributed by atoms with Crippen molar-refractivity contribution >= 4 is 23.2 Å². The fraction of sp³-hybridized carbons (Fsp3) is 0.480. The van der Waals surface area contributed by atoms with Gasteiger partial charge in [0.05, 0.1) is 30.5 Å². The summed E-state index contributed by atoms with van der Waals surface area (Å²) in [5.41, 5.74) is 2.47. The average molecular weight is 453 g/mol. The lowest BCUT2D eigenvalue weighted by Gasteiger charge is -2.40. The first-order chi connectivity index (χ1) is 15.6. The molecule has 2 aromatic heterocycles. The molecule has 168 valence electrons. The fourth-order valence-electron chi connectivity index (χ4n) is 5.31. The molecular weight excluding hydrogens is 424 g/mol. The van der Waals surface area contributed by atoms with Crippen LogP contribution in [0.3, 0.4) is 0 Å². The summed E-state index contributed by atoms with van der Waals surface area (Å²) in [6, 6.07) is 7.91. The van der Waals surface area contributed by atoms with Gasteiger partial charge in [0.1, 0.15) is 0 Å². The lowest BCUT2D eigenvalue weighted by Crippen LogP contribution is -2.50. The van der Waals surface area contributed by atoms with Crippen molar-refractivity contribution in [2.75, 3.05) is 26.3 Å². The number of imidazole rings is 1. The highest BCUT2D eigenvalue weighted by atomic mass is 35.5. The molecule has 1 aliphatic carbocycles. The van der Waals surface area contributed by atoms with E-state index in [0.29, 0.717) is 31.3 Å². The predicted octanol–water partition coefficient (Wildman–Crippen LogP) is 4.30. The van der Waals surface area contributed by atoms with E-state index in [1.807, 2.05) is 46.0 Å². The van der Waals surface area contributed by atoms with Gasteiger partial charge in [0.25, 0.3) is 0 Å². The Morgan fingerprint density at radius 2 is 1.97 bits per heavy atom. The number of ether oxygens (including phenoxy) is 1. The van der Waals surface area contributed by atoms with Crippen molar-refractivity contribution in [3.05, 3.63) is 65.3 Å². The van der Waals surface area contributed by atoms with Crippen LogP contribution in [0.5, 0.6) is 0 Å². The maximum Gasteiger partial charge on any atom is 0.233 e. The number of benzene rings is 1. The lowest BCUT2D eigenvalue weighted by atomic mass is 9.68. The van der Waals surface area contributed by atoms with Gasteiger partial charge in [-0.25, -0.2) is 4.98 Å². The van der Waals surface area contributed by atoms with Gasteiger partial charge in [-0.15, -0.1) is 0 Å². The summed E-state index contributed by atoms with van der Waals surface area (Å²) in [6.45, 7) is 2.55. The van der Waals surface area contributed by atoms with Gasteiger partial charge in [-0.2, -0.15) is 0 Å². The third-order valence-corrected chi connectivity index (χ3v) is 7.22. The number of nitrogens with zero attached hydrogens (tertiary/aromatic N) is 4. The van der Waals surface area contributed by atoms with Crippen LogP contribution in [0.1, 0.15) is 43.4 Å². The van der Waals surface area contributed by atoms with Crippen molar-refractivity contribution in [2.45, 2.75) is 43.9 Å². The second-order valence-electron chi connectivity index (χ2n) is 9.12. The Balaban J connectivity index is 1.37. The Kier molecular flexibility index (Phi) is 6.15. The summed E-state index contributed by atoms with van der Waals surface area (Å²) in [5.74, 6) is 0.453. The molecule has 32 heavy (non-hydrogen) atoms. The largest absolute Gasteiger partial charge is 0.379 e. The van der Waals surface area contributed by atoms with Crippen molar-refractivity contribution in [2.24, 2.45) is 5.92 Å². The molecule has 1 aliphatic heterocycles. The van der Waals surface area contributed by atoms with Crippen LogP contribution < -0.4 is 0 Å². The highest BCUT2D eigenvalue weighted by molar-refractivity contribution is 6.30. The first kappa shape index (κ1) is 21.4. The van der Waals surface area contributed by atoms with Crippen molar-refractivity contribution in [1.29, 1.82) is 0 Å². The summed E-state index contributed by atoms with van der Waals surface area (Å²) in [6.07, 6.45) is 13.4. The highest BCUT2D eigenvalue weighted by Crippen LogP contribution is 2.41. The van der Waals surface area contributed by atoms with Crippen LogP contribution in [0, 0.1) is 5.92 Å². The van der Waals surface area contributed by atoms with Crippen LogP contribution in [0.15, 0.2) is 49.1 Å². The Morgan fingerprint density at radius 3 is 2.78 bits per heavy atom. The van der Waals surface area contributed by atoms with E-state index in [0.717, 1.165) is 49.0 Å². The molecule has 2 fully saturated rings. The normalized spacial score (nSPS) is 21.4. The molecule has 0 radical (unpaired) electrons. The molecule has 1 unspecified atom stereocenters. The Labute approximate surface area is 193 Å². The minimum atomic E-state index is -0.453. The molecule has 1 amide bonds. The van der Waals surface area contributed by atoms with Crippen LogP contribution in [-0.4, -0.2) is 51.5 Å². The zero-order valence-electron chi connectivity index (χ0n) is 18.3. The first-order valence-corrected chi connectivity index (χ1v) is 11.9. The van der Waals surface area contributed by atoms with Crippen LogP contribution >= 0.6 is 11.6 Å². The van der Waals surface area contributed by atoms with Gasteiger partial charge in [0.15, 0.2) is 5.65 Å². The zero-order chi connectivity index (χ0) is 22.0. The van der Waals surface area contributed by atoms with E-state index in [9.17, 15) is 4.79 Å². The van der Waals surface area contributed by atoms with E-state index in [1.165, 1.54) is 6.42 Å². The number of hydrogen-bond donors (Lipinski definition) is 0. The molecule has 2 aliphatic rings. The average Bonchev–Trinajstić information content (AvgIpc) is 3.17. The van der Waals surface area contributed by atoms with Crippen LogP contribution in [0.2, 0.25) is 5.02 Å². The first-order valence-electron chi connectivity index (χ1n) is 11.5. The van der Waals surface area contributed by atoms with Gasteiger partial charge in [-0.3, -0.25) is 9.78 Å². The van der Waals surface area contributed by atoms with Crippen molar-refractivity contribution < 1.29 is 9.53 Å². The molecule has 0 bridgehead atoms. The number of halogens is 1. The van der Waals surface area contributed by atoms with Gasteiger partial charge in [-0.1, -0.05) is 43.0 Å². The standard InChI is InChI=1S/C25H29ClN4O2/c26-21-6-4-20(5-7-21)25(8-2-1-3-9-25)24(31)30-12-13-32-18-19(16-30)14-22-17-29-11-10-27-23(29)15-28-22/h4-7,10-11,15,17,19H,1-3,8-9,12-14,16,18H2. The zero-order valence-corrected chi connectivity index (χ0v) is 19.0. The van der Waals surface area contributed by atoms with E-state index in [-0.39, 0.29) is 11.8 Å². The second kappa shape index (κ2) is 9.20. The number of hydrogen-bond acceptors (Lipinski definition) is 4. The molecule has 1 aromatic carbocycles. The van der Waals surface area contributed by atoms with E-state index >= 15 is 0 Å². The summed E-state index contributed by atoms with van der Waals surface area (Å²) in [7, 11) is 0. The number of amides is 1. The number of rotatable bonds is 4. The topological polar surface area (TPSA) is 59.7 Å². The lowest BCUT2D eigenvalue weighted by molar-refractivity contribution is -0.139.